The molecule has 1 aromatic carbocycles. The molecule has 0 saturated carbocycles. The van der Waals surface area contributed by atoms with Crippen LogP contribution in [0.1, 0.15) is 10.4 Å². The van der Waals surface area contributed by atoms with E-state index in [0.29, 0.717) is 11.3 Å². The number of benzene rings is 1. The third-order valence-corrected chi connectivity index (χ3v) is 2.09. The topological polar surface area (TPSA) is 76.4 Å². The van der Waals surface area contributed by atoms with Crippen LogP contribution < -0.4 is 16.6 Å². The van der Waals surface area contributed by atoms with E-state index in [4.69, 9.17) is 5.84 Å². The van der Waals surface area contributed by atoms with Crippen LogP contribution in [0.4, 0.5) is 14.5 Å². The van der Waals surface area contributed by atoms with Crippen molar-refractivity contribution < 1.29 is 18.3 Å². The van der Waals surface area contributed by atoms with E-state index in [9.17, 15) is 13.6 Å². The summed E-state index contributed by atoms with van der Waals surface area (Å²) in [6.45, 7) is -0.381. The maximum Gasteiger partial charge on any atom is 0.261 e. The molecule has 18 heavy (non-hydrogen) atoms. The third kappa shape index (κ3) is 5.07. The summed E-state index contributed by atoms with van der Waals surface area (Å²) in [5.74, 6) is 4.89. The molecule has 1 rings (SSSR count). The average Bonchev–Trinajstić information content (AvgIpc) is 2.38. The van der Waals surface area contributed by atoms with Crippen LogP contribution in [0.25, 0.3) is 0 Å². The zero-order valence-corrected chi connectivity index (χ0v) is 9.66. The standard InChI is InChI=1S/C11H15F2N3O2/c12-10(13)7-18-6-5-15-11(17)8-1-3-9(16-14)4-2-8/h1-4,10,16H,5-7,14H2,(H,15,17). The second-order valence-electron chi connectivity index (χ2n) is 3.44. The van der Waals surface area contributed by atoms with Gasteiger partial charge in [0.05, 0.1) is 6.61 Å². The second kappa shape index (κ2) is 7.57. The Balaban J connectivity index is 2.27. The number of nitrogen functional groups attached to an aromatic ring is 1. The van der Waals surface area contributed by atoms with Crippen LogP contribution in [0.2, 0.25) is 0 Å². The van der Waals surface area contributed by atoms with Gasteiger partial charge in [0.2, 0.25) is 0 Å². The van der Waals surface area contributed by atoms with Crippen LogP contribution in [-0.4, -0.2) is 32.1 Å². The number of rotatable bonds is 7. The maximum absolute atomic E-state index is 11.7. The summed E-state index contributed by atoms with van der Waals surface area (Å²) in [6.07, 6.45) is -2.49. The maximum atomic E-state index is 11.7. The van der Waals surface area contributed by atoms with E-state index in [-0.39, 0.29) is 19.1 Å². The minimum absolute atomic E-state index is 0.0541. The number of halogens is 2. The Kier molecular flexibility index (Phi) is 6.03. The van der Waals surface area contributed by atoms with Gasteiger partial charge in [-0.3, -0.25) is 10.6 Å². The summed E-state index contributed by atoms with van der Waals surface area (Å²) in [5, 5.41) is 2.55. The fourth-order valence-corrected chi connectivity index (χ4v) is 1.23. The van der Waals surface area contributed by atoms with Gasteiger partial charge in [-0.15, -0.1) is 0 Å². The second-order valence-corrected chi connectivity index (χ2v) is 3.44. The third-order valence-electron chi connectivity index (χ3n) is 2.09. The van der Waals surface area contributed by atoms with Crippen LogP contribution in [0.3, 0.4) is 0 Å². The molecule has 0 atom stereocenters. The van der Waals surface area contributed by atoms with Gasteiger partial charge >= 0.3 is 0 Å². The van der Waals surface area contributed by atoms with E-state index in [0.717, 1.165) is 0 Å². The van der Waals surface area contributed by atoms with Crippen molar-refractivity contribution in [2.45, 2.75) is 6.43 Å². The smallest absolute Gasteiger partial charge is 0.261 e. The number of amides is 1. The largest absolute Gasteiger partial charge is 0.374 e. The van der Waals surface area contributed by atoms with Crippen molar-refractivity contribution in [3.63, 3.8) is 0 Å². The van der Waals surface area contributed by atoms with Gasteiger partial charge in [-0.1, -0.05) is 0 Å². The van der Waals surface area contributed by atoms with E-state index in [1.165, 1.54) is 0 Å². The fourth-order valence-electron chi connectivity index (χ4n) is 1.23. The first kappa shape index (κ1) is 14.3. The molecule has 0 bridgehead atoms. The monoisotopic (exact) mass is 259 g/mol. The van der Waals surface area contributed by atoms with Gasteiger partial charge in [0, 0.05) is 17.8 Å². The number of carbonyl (C=O) groups is 1. The van der Waals surface area contributed by atoms with Crippen LogP contribution >= 0.6 is 0 Å². The molecule has 0 fully saturated rings. The van der Waals surface area contributed by atoms with E-state index in [1.54, 1.807) is 24.3 Å². The van der Waals surface area contributed by atoms with Crippen LogP contribution in [0.15, 0.2) is 24.3 Å². The molecule has 100 valence electrons. The van der Waals surface area contributed by atoms with Crippen molar-refractivity contribution in [2.24, 2.45) is 5.84 Å². The number of hydrogen-bond donors (Lipinski definition) is 3. The van der Waals surface area contributed by atoms with Gasteiger partial charge in [0.15, 0.2) is 0 Å². The van der Waals surface area contributed by atoms with Gasteiger partial charge in [-0.2, -0.15) is 0 Å². The molecule has 0 heterocycles. The Bertz CT molecular complexity index is 371. The van der Waals surface area contributed by atoms with Gasteiger partial charge in [-0.25, -0.2) is 8.78 Å². The number of ether oxygens (including phenoxy) is 1. The number of anilines is 1. The molecule has 0 radical (unpaired) electrons. The molecular formula is C11H15F2N3O2. The molecule has 7 heteroatoms. The number of carbonyl (C=O) groups excluding carboxylic acids is 1. The van der Waals surface area contributed by atoms with E-state index in [2.05, 4.69) is 15.5 Å². The normalized spacial score (nSPS) is 10.4. The fraction of sp³-hybridized carbons (Fsp3) is 0.364. The predicted molar refractivity (Wildman–Crippen MR) is 63.4 cm³/mol. The molecule has 1 amide bonds. The summed E-state index contributed by atoms with van der Waals surface area (Å²) >= 11 is 0. The summed E-state index contributed by atoms with van der Waals surface area (Å²) in [6, 6.07) is 6.51. The molecule has 0 aliphatic heterocycles. The lowest BCUT2D eigenvalue weighted by molar-refractivity contribution is 0.0188. The van der Waals surface area contributed by atoms with E-state index < -0.39 is 13.0 Å². The quantitative estimate of drug-likeness (QED) is 0.387. The number of alkyl halides is 2. The molecule has 4 N–H and O–H groups in total. The zero-order chi connectivity index (χ0) is 13.4. The lowest BCUT2D eigenvalue weighted by Crippen LogP contribution is -2.27. The summed E-state index contributed by atoms with van der Waals surface area (Å²) < 4.78 is 28.1. The molecule has 0 aliphatic rings. The lowest BCUT2D eigenvalue weighted by atomic mass is 10.2. The van der Waals surface area contributed by atoms with Crippen molar-refractivity contribution in [1.82, 2.24) is 5.32 Å². The first-order valence-corrected chi connectivity index (χ1v) is 5.34. The first-order chi connectivity index (χ1) is 8.63. The van der Waals surface area contributed by atoms with Crippen molar-refractivity contribution in [1.29, 1.82) is 0 Å². The minimum atomic E-state index is -2.49. The van der Waals surface area contributed by atoms with Gasteiger partial charge in [0.25, 0.3) is 12.3 Å². The molecule has 0 aliphatic carbocycles. The highest BCUT2D eigenvalue weighted by Crippen LogP contribution is 2.07. The molecule has 0 unspecified atom stereocenters. The summed E-state index contributed by atoms with van der Waals surface area (Å²) in [7, 11) is 0. The predicted octanol–water partition coefficient (Wildman–Crippen LogP) is 0.984. The highest BCUT2D eigenvalue weighted by molar-refractivity contribution is 5.94. The SMILES string of the molecule is NNc1ccc(C(=O)NCCOCC(F)F)cc1. The lowest BCUT2D eigenvalue weighted by Gasteiger charge is -2.06. The molecular weight excluding hydrogens is 244 g/mol. The van der Waals surface area contributed by atoms with Gasteiger partial charge in [-0.05, 0) is 24.3 Å². The first-order valence-electron chi connectivity index (χ1n) is 5.34. The van der Waals surface area contributed by atoms with Crippen molar-refractivity contribution in [2.75, 3.05) is 25.2 Å². The van der Waals surface area contributed by atoms with Crippen molar-refractivity contribution >= 4 is 11.6 Å². The zero-order valence-electron chi connectivity index (χ0n) is 9.66. The molecule has 0 saturated heterocycles. The Morgan fingerprint density at radius 1 is 1.33 bits per heavy atom. The minimum Gasteiger partial charge on any atom is -0.374 e. The van der Waals surface area contributed by atoms with Crippen LogP contribution in [0.5, 0.6) is 0 Å². The van der Waals surface area contributed by atoms with Gasteiger partial charge < -0.3 is 15.5 Å². The van der Waals surface area contributed by atoms with Gasteiger partial charge in [0.1, 0.15) is 6.61 Å². The Labute approximate surface area is 103 Å². The number of hydrogen-bond acceptors (Lipinski definition) is 4. The summed E-state index contributed by atoms with van der Waals surface area (Å²) in [5.41, 5.74) is 3.59. The van der Waals surface area contributed by atoms with Crippen molar-refractivity contribution in [3.8, 4) is 0 Å². The van der Waals surface area contributed by atoms with Crippen LogP contribution in [-0.2, 0) is 4.74 Å². The highest BCUT2D eigenvalue weighted by atomic mass is 19.3. The molecule has 5 nitrogen and oxygen atoms in total. The Morgan fingerprint density at radius 3 is 2.56 bits per heavy atom. The molecule has 0 aromatic heterocycles. The Hall–Kier alpha value is -1.73. The number of nitrogens with two attached hydrogens (primary N) is 1. The molecule has 1 aromatic rings. The van der Waals surface area contributed by atoms with Crippen molar-refractivity contribution in [3.05, 3.63) is 29.8 Å². The average molecular weight is 259 g/mol. The number of hydrazine groups is 1. The van der Waals surface area contributed by atoms with E-state index in [1.807, 2.05) is 0 Å². The number of nitrogens with one attached hydrogen (secondary N) is 2. The Morgan fingerprint density at radius 2 is 2.00 bits per heavy atom. The summed E-state index contributed by atoms with van der Waals surface area (Å²) in [4.78, 5) is 11.6. The molecule has 0 spiro atoms. The van der Waals surface area contributed by atoms with Crippen LogP contribution in [0, 0.1) is 0 Å². The van der Waals surface area contributed by atoms with E-state index >= 15 is 0 Å². The highest BCUT2D eigenvalue weighted by Gasteiger charge is 2.05.